The van der Waals surface area contributed by atoms with Gasteiger partial charge in [0.25, 0.3) is 0 Å². The summed E-state index contributed by atoms with van der Waals surface area (Å²) in [5, 5.41) is 46.6. The fraction of sp³-hybridized carbons (Fsp3) is 0.0714. The van der Waals surface area contributed by atoms with Gasteiger partial charge in [0.1, 0.15) is 11.5 Å². The third-order valence-electron chi connectivity index (χ3n) is 5.57. The third-order valence-corrected chi connectivity index (χ3v) is 5.57. The maximum absolute atomic E-state index is 10.5. The lowest BCUT2D eigenvalue weighted by Crippen LogP contribution is -1.92. The molecule has 0 bridgehead atoms. The molecule has 0 heterocycles. The average Bonchev–Trinajstić information content (AvgIpc) is 2.86. The highest BCUT2D eigenvalue weighted by Crippen LogP contribution is 2.35. The summed E-state index contributed by atoms with van der Waals surface area (Å²) < 4.78 is 0. The van der Waals surface area contributed by atoms with Crippen molar-refractivity contribution in [2.75, 3.05) is 0 Å². The van der Waals surface area contributed by atoms with Crippen molar-refractivity contribution in [2.24, 2.45) is 20.3 Å². The van der Waals surface area contributed by atoms with Crippen molar-refractivity contribution in [2.45, 2.75) is 13.8 Å². The molecule has 0 saturated heterocycles. The maximum Gasteiger partial charge on any atom is 0.133 e. The van der Waals surface area contributed by atoms with Crippen molar-refractivity contribution in [1.82, 2.24) is 0 Å². The van der Waals surface area contributed by atoms with Crippen molar-refractivity contribution in [3.8, 4) is 11.5 Å². The number of fused-ring (bicyclic) bond motifs is 1. The molecule has 4 aromatic carbocycles. The highest BCUT2D eigenvalue weighted by molar-refractivity contribution is 6.04. The first-order valence-electron chi connectivity index (χ1n) is 11.0. The van der Waals surface area contributed by atoms with Crippen LogP contribution < -0.4 is 0 Å². The maximum atomic E-state index is 10.5. The van der Waals surface area contributed by atoms with Crippen molar-refractivity contribution in [3.05, 3.63) is 94.0 Å². The number of rotatable bonds is 6. The summed E-state index contributed by atoms with van der Waals surface area (Å²) >= 11 is 0. The zero-order valence-electron chi connectivity index (χ0n) is 19.7. The molecule has 0 aliphatic rings. The molecule has 0 unspecified atom stereocenters. The largest absolute Gasteiger partial charge is 0.507 e. The average molecular weight is 481 g/mol. The Kier molecular flexibility index (Phi) is 7.06. The van der Waals surface area contributed by atoms with E-state index in [9.17, 15) is 10.2 Å². The minimum Gasteiger partial charge on any atom is -0.507 e. The molecule has 180 valence electrons. The van der Waals surface area contributed by atoms with Crippen LogP contribution in [0.2, 0.25) is 0 Å². The van der Waals surface area contributed by atoms with E-state index in [1.807, 2.05) is 50.2 Å². The van der Waals surface area contributed by atoms with Gasteiger partial charge in [-0.25, -0.2) is 0 Å². The number of phenols is 2. The number of oxime groups is 2. The van der Waals surface area contributed by atoms with Gasteiger partial charge < -0.3 is 20.6 Å². The van der Waals surface area contributed by atoms with Crippen molar-refractivity contribution in [1.29, 1.82) is 0 Å². The Balaban J connectivity index is 1.79. The van der Waals surface area contributed by atoms with Crippen LogP contribution in [0.3, 0.4) is 0 Å². The van der Waals surface area contributed by atoms with Gasteiger partial charge in [-0.3, -0.25) is 9.98 Å². The van der Waals surface area contributed by atoms with E-state index in [1.165, 1.54) is 12.4 Å². The second-order valence-electron chi connectivity index (χ2n) is 8.24. The molecule has 0 atom stereocenters. The highest BCUT2D eigenvalue weighted by atomic mass is 16.4. The molecule has 36 heavy (non-hydrogen) atoms. The summed E-state index contributed by atoms with van der Waals surface area (Å²) in [5.74, 6) is -0.0875. The summed E-state index contributed by atoms with van der Waals surface area (Å²) in [4.78, 5) is 9.27. The quantitative estimate of drug-likeness (QED) is 0.153. The van der Waals surface area contributed by atoms with E-state index in [0.29, 0.717) is 33.6 Å². The lowest BCUT2D eigenvalue weighted by atomic mass is 10.0. The Morgan fingerprint density at radius 2 is 0.972 bits per heavy atom. The van der Waals surface area contributed by atoms with Gasteiger partial charge >= 0.3 is 0 Å². The predicted octanol–water partition coefficient (Wildman–Crippen LogP) is 5.99. The summed E-state index contributed by atoms with van der Waals surface area (Å²) in [6.07, 6.45) is 5.45. The van der Waals surface area contributed by atoms with Gasteiger partial charge in [-0.15, -0.1) is 0 Å². The molecule has 8 heteroatoms. The van der Waals surface area contributed by atoms with Crippen LogP contribution >= 0.6 is 0 Å². The lowest BCUT2D eigenvalue weighted by molar-refractivity contribution is 0.321. The Morgan fingerprint density at radius 1 is 0.583 bits per heavy atom. The summed E-state index contributed by atoms with van der Waals surface area (Å²) in [6.45, 7) is 3.74. The number of phenolic OH excluding ortho intramolecular Hbond substituents is 2. The summed E-state index contributed by atoms with van der Waals surface area (Å²) in [5.41, 5.74) is 4.74. The van der Waals surface area contributed by atoms with E-state index in [4.69, 9.17) is 10.4 Å². The standard InChI is InChI=1S/C28H24N4O4/c1-17-9-20(27(33)22(11-17)15-31-35)13-29-24-7-3-5-19-6-4-8-25(26(19)24)30-14-21-10-18(2)12-23(16-32-36)28(21)34/h3-16,33-36H,1-2H3/b29-13?,30-14?,31-15-,32-16-. The van der Waals surface area contributed by atoms with Crippen LogP contribution in [0.5, 0.6) is 11.5 Å². The molecule has 4 aromatic rings. The van der Waals surface area contributed by atoms with Gasteiger partial charge in [0, 0.05) is 40.1 Å². The van der Waals surface area contributed by atoms with Crippen LogP contribution in [0, 0.1) is 13.8 Å². The molecule has 0 spiro atoms. The zero-order valence-corrected chi connectivity index (χ0v) is 19.7. The molecule has 0 aliphatic heterocycles. The lowest BCUT2D eigenvalue weighted by Gasteiger charge is -2.08. The number of hydrogen-bond donors (Lipinski definition) is 4. The number of hydrogen-bond acceptors (Lipinski definition) is 8. The smallest absolute Gasteiger partial charge is 0.133 e. The van der Waals surface area contributed by atoms with Gasteiger partial charge in [-0.2, -0.15) is 0 Å². The van der Waals surface area contributed by atoms with Crippen molar-refractivity contribution >= 4 is 47.0 Å². The second-order valence-corrected chi connectivity index (χ2v) is 8.24. The van der Waals surface area contributed by atoms with Crippen LogP contribution in [0.4, 0.5) is 11.4 Å². The first-order valence-corrected chi connectivity index (χ1v) is 11.0. The molecular weight excluding hydrogens is 456 g/mol. The summed E-state index contributed by atoms with van der Waals surface area (Å²) in [7, 11) is 0. The van der Waals surface area contributed by atoms with Crippen molar-refractivity contribution < 1.29 is 20.6 Å². The first-order chi connectivity index (χ1) is 17.4. The second kappa shape index (κ2) is 10.5. The molecule has 0 aliphatic carbocycles. The van der Waals surface area contributed by atoms with Crippen LogP contribution in [-0.4, -0.2) is 45.5 Å². The fourth-order valence-corrected chi connectivity index (χ4v) is 3.98. The van der Waals surface area contributed by atoms with Gasteiger partial charge in [0.2, 0.25) is 0 Å². The van der Waals surface area contributed by atoms with Crippen molar-refractivity contribution in [3.63, 3.8) is 0 Å². The number of aromatic hydroxyl groups is 2. The third kappa shape index (κ3) is 5.07. The number of benzene rings is 4. The highest BCUT2D eigenvalue weighted by Gasteiger charge is 2.09. The first kappa shape index (κ1) is 24.2. The molecule has 0 fully saturated rings. The van der Waals surface area contributed by atoms with Gasteiger partial charge in [-0.05, 0) is 66.8 Å². The van der Waals surface area contributed by atoms with Crippen LogP contribution in [0.1, 0.15) is 33.4 Å². The van der Waals surface area contributed by atoms with E-state index in [0.717, 1.165) is 21.9 Å². The van der Waals surface area contributed by atoms with Crippen LogP contribution in [0.15, 0.2) is 81.0 Å². The molecule has 4 rings (SSSR count). The van der Waals surface area contributed by atoms with Crippen LogP contribution in [0.25, 0.3) is 10.8 Å². The van der Waals surface area contributed by atoms with E-state index < -0.39 is 0 Å². The monoisotopic (exact) mass is 480 g/mol. The van der Waals surface area contributed by atoms with E-state index in [-0.39, 0.29) is 11.5 Å². The Hall–Kier alpha value is -4.98. The molecule has 0 amide bonds. The van der Waals surface area contributed by atoms with E-state index in [1.54, 1.807) is 36.7 Å². The fourth-order valence-electron chi connectivity index (χ4n) is 3.98. The zero-order chi connectivity index (χ0) is 25.7. The predicted molar refractivity (Wildman–Crippen MR) is 143 cm³/mol. The van der Waals surface area contributed by atoms with Gasteiger partial charge in [0.15, 0.2) is 0 Å². The number of aliphatic imine (C=N–C) groups is 2. The van der Waals surface area contributed by atoms with Gasteiger partial charge in [0.05, 0.1) is 23.8 Å². The minimum atomic E-state index is -0.0437. The van der Waals surface area contributed by atoms with Gasteiger partial charge in [-0.1, -0.05) is 34.6 Å². The van der Waals surface area contributed by atoms with E-state index >= 15 is 0 Å². The number of nitrogens with zero attached hydrogens (tertiary/aromatic N) is 4. The Morgan fingerprint density at radius 3 is 1.36 bits per heavy atom. The van der Waals surface area contributed by atoms with E-state index in [2.05, 4.69) is 20.3 Å². The Bertz CT molecular complexity index is 1440. The molecule has 0 radical (unpaired) electrons. The minimum absolute atomic E-state index is 0.0437. The molecule has 8 nitrogen and oxygen atoms in total. The number of aryl methyl sites for hydroxylation is 2. The molecule has 4 N–H and O–H groups in total. The molecule has 0 saturated carbocycles. The topological polar surface area (TPSA) is 130 Å². The normalized spacial score (nSPS) is 12.2. The Labute approximate surface area is 207 Å². The SMILES string of the molecule is Cc1cc(C=Nc2cccc3cccc(N=Cc4cc(C)cc(/C=N\O)c4O)c23)c(O)c(/C=N\O)c1. The molecule has 0 aromatic heterocycles. The molecular formula is C28H24N4O4. The van der Waals surface area contributed by atoms with Crippen LogP contribution in [-0.2, 0) is 0 Å². The summed E-state index contributed by atoms with van der Waals surface area (Å²) in [6, 6.07) is 18.3.